The van der Waals surface area contributed by atoms with Crippen molar-refractivity contribution in [3.05, 3.63) is 53.6 Å². The average Bonchev–Trinajstić information content (AvgIpc) is 2.61. The summed E-state index contributed by atoms with van der Waals surface area (Å²) in [7, 11) is 0. The Balaban J connectivity index is 2.10. The van der Waals surface area contributed by atoms with Crippen LogP contribution in [0.5, 0.6) is 0 Å². The van der Waals surface area contributed by atoms with Crippen LogP contribution in [0, 0.1) is 5.92 Å². The van der Waals surface area contributed by atoms with Gasteiger partial charge >= 0.3 is 5.97 Å². The molecule has 2 aromatic rings. The summed E-state index contributed by atoms with van der Waals surface area (Å²) < 4.78 is 0. The fourth-order valence-electron chi connectivity index (χ4n) is 2.17. The molecule has 136 valence electrons. The highest BCUT2D eigenvalue weighted by Crippen LogP contribution is 2.13. The van der Waals surface area contributed by atoms with Crippen LogP contribution in [0.2, 0.25) is 0 Å². The monoisotopic (exact) mass is 356 g/mol. The van der Waals surface area contributed by atoms with E-state index in [-0.39, 0.29) is 11.6 Å². The molecule has 3 N–H and O–H groups in total. The quantitative estimate of drug-likeness (QED) is 0.699. The number of carboxylic acid groups (broad SMARTS) is 1. The van der Waals surface area contributed by atoms with Crippen LogP contribution >= 0.6 is 0 Å². The lowest BCUT2D eigenvalue weighted by Crippen LogP contribution is -2.25. The van der Waals surface area contributed by atoms with Gasteiger partial charge < -0.3 is 15.7 Å². The molecule has 0 unspecified atom stereocenters. The molecule has 0 fully saturated rings. The SMILES string of the molecule is CC(C)CCNC(=O)c1cccc(NC(=O)c2nccnc2C(=O)O)c1. The van der Waals surface area contributed by atoms with E-state index in [0.29, 0.717) is 23.7 Å². The Labute approximate surface area is 150 Å². The van der Waals surface area contributed by atoms with Gasteiger partial charge in [-0.1, -0.05) is 19.9 Å². The van der Waals surface area contributed by atoms with Gasteiger partial charge in [0.15, 0.2) is 11.4 Å². The Kier molecular flexibility index (Phi) is 6.37. The third-order valence-corrected chi connectivity index (χ3v) is 3.51. The molecule has 0 saturated carbocycles. The van der Waals surface area contributed by atoms with Crippen molar-refractivity contribution in [2.45, 2.75) is 20.3 Å². The van der Waals surface area contributed by atoms with Gasteiger partial charge in [0.25, 0.3) is 11.8 Å². The molecule has 1 heterocycles. The number of nitrogens with zero attached hydrogens (tertiary/aromatic N) is 2. The number of nitrogens with one attached hydrogen (secondary N) is 2. The van der Waals surface area contributed by atoms with E-state index in [0.717, 1.165) is 6.42 Å². The summed E-state index contributed by atoms with van der Waals surface area (Å²) in [6.07, 6.45) is 3.30. The number of aromatic carboxylic acids is 1. The summed E-state index contributed by atoms with van der Waals surface area (Å²) in [5.41, 5.74) is 0.0111. The van der Waals surface area contributed by atoms with Crippen molar-refractivity contribution in [2.24, 2.45) is 5.92 Å². The van der Waals surface area contributed by atoms with Crippen molar-refractivity contribution in [1.82, 2.24) is 15.3 Å². The topological polar surface area (TPSA) is 121 Å². The van der Waals surface area contributed by atoms with E-state index >= 15 is 0 Å². The Morgan fingerprint density at radius 3 is 2.42 bits per heavy atom. The highest BCUT2D eigenvalue weighted by atomic mass is 16.4. The van der Waals surface area contributed by atoms with Gasteiger partial charge in [-0.25, -0.2) is 14.8 Å². The maximum absolute atomic E-state index is 12.3. The number of anilines is 1. The summed E-state index contributed by atoms with van der Waals surface area (Å²) in [6.45, 7) is 4.70. The zero-order valence-corrected chi connectivity index (χ0v) is 14.5. The van der Waals surface area contributed by atoms with Crippen molar-refractivity contribution in [3.63, 3.8) is 0 Å². The molecule has 0 spiro atoms. The van der Waals surface area contributed by atoms with Crippen molar-refractivity contribution in [1.29, 1.82) is 0 Å². The zero-order chi connectivity index (χ0) is 19.1. The normalized spacial score (nSPS) is 10.4. The van der Waals surface area contributed by atoms with Crippen LogP contribution < -0.4 is 10.6 Å². The van der Waals surface area contributed by atoms with E-state index < -0.39 is 17.6 Å². The van der Waals surface area contributed by atoms with Gasteiger partial charge in [0, 0.05) is 30.2 Å². The first-order chi connectivity index (χ1) is 12.4. The molecule has 0 aliphatic carbocycles. The van der Waals surface area contributed by atoms with E-state index in [1.807, 2.05) is 0 Å². The maximum atomic E-state index is 12.3. The van der Waals surface area contributed by atoms with E-state index in [1.54, 1.807) is 18.2 Å². The van der Waals surface area contributed by atoms with Gasteiger partial charge in [-0.2, -0.15) is 0 Å². The van der Waals surface area contributed by atoms with Crippen molar-refractivity contribution in [2.75, 3.05) is 11.9 Å². The van der Waals surface area contributed by atoms with Crippen LogP contribution in [0.4, 0.5) is 5.69 Å². The Bertz CT molecular complexity index is 820. The van der Waals surface area contributed by atoms with Gasteiger partial charge in [0.1, 0.15) is 0 Å². The minimum atomic E-state index is -1.35. The van der Waals surface area contributed by atoms with Crippen molar-refractivity contribution in [3.8, 4) is 0 Å². The standard InChI is InChI=1S/C18H20N4O4/c1-11(2)6-7-21-16(23)12-4-3-5-13(10-12)22-17(24)14-15(18(25)26)20-9-8-19-14/h3-5,8-11H,6-7H2,1-2H3,(H,21,23)(H,22,24)(H,25,26). The van der Waals surface area contributed by atoms with Gasteiger partial charge in [0.2, 0.25) is 0 Å². The third-order valence-electron chi connectivity index (χ3n) is 3.51. The molecule has 1 aromatic heterocycles. The van der Waals surface area contributed by atoms with Gasteiger partial charge in [-0.15, -0.1) is 0 Å². The van der Waals surface area contributed by atoms with Crippen LogP contribution in [0.25, 0.3) is 0 Å². The molecule has 8 nitrogen and oxygen atoms in total. The molecular formula is C18H20N4O4. The first kappa shape index (κ1) is 19.0. The first-order valence-corrected chi connectivity index (χ1v) is 8.12. The second-order valence-corrected chi connectivity index (χ2v) is 6.03. The van der Waals surface area contributed by atoms with E-state index in [9.17, 15) is 14.4 Å². The maximum Gasteiger partial charge on any atom is 0.356 e. The predicted octanol–water partition coefficient (Wildman–Crippen LogP) is 2.20. The molecule has 26 heavy (non-hydrogen) atoms. The molecule has 2 amide bonds. The fourth-order valence-corrected chi connectivity index (χ4v) is 2.17. The third kappa shape index (κ3) is 5.10. The Morgan fingerprint density at radius 1 is 1.08 bits per heavy atom. The predicted molar refractivity (Wildman–Crippen MR) is 95.2 cm³/mol. The highest BCUT2D eigenvalue weighted by molar-refractivity contribution is 6.08. The van der Waals surface area contributed by atoms with Crippen LogP contribution in [0.1, 0.15) is 51.6 Å². The van der Waals surface area contributed by atoms with Crippen LogP contribution in [0.3, 0.4) is 0 Å². The fraction of sp³-hybridized carbons (Fsp3) is 0.278. The number of hydrogen-bond acceptors (Lipinski definition) is 5. The molecule has 0 bridgehead atoms. The van der Waals surface area contributed by atoms with Crippen LogP contribution in [-0.4, -0.2) is 39.4 Å². The summed E-state index contributed by atoms with van der Waals surface area (Å²) in [5, 5.41) is 14.4. The molecule has 8 heteroatoms. The number of benzene rings is 1. The Morgan fingerprint density at radius 2 is 1.77 bits per heavy atom. The number of carbonyl (C=O) groups excluding carboxylic acids is 2. The summed E-state index contributed by atoms with van der Waals surface area (Å²) in [5.74, 6) is -1.82. The molecular weight excluding hydrogens is 336 g/mol. The molecule has 0 radical (unpaired) electrons. The van der Waals surface area contributed by atoms with Crippen molar-refractivity contribution >= 4 is 23.5 Å². The van der Waals surface area contributed by atoms with E-state index in [4.69, 9.17) is 5.11 Å². The molecule has 0 atom stereocenters. The average molecular weight is 356 g/mol. The molecule has 2 rings (SSSR count). The second kappa shape index (κ2) is 8.70. The highest BCUT2D eigenvalue weighted by Gasteiger charge is 2.19. The minimum absolute atomic E-state index is 0.243. The van der Waals surface area contributed by atoms with Crippen molar-refractivity contribution < 1.29 is 19.5 Å². The summed E-state index contributed by atoms with van der Waals surface area (Å²) in [6, 6.07) is 6.37. The van der Waals surface area contributed by atoms with Crippen LogP contribution in [-0.2, 0) is 0 Å². The molecule has 0 aliphatic heterocycles. The number of amides is 2. The first-order valence-electron chi connectivity index (χ1n) is 8.12. The lowest BCUT2D eigenvalue weighted by molar-refractivity contribution is 0.0684. The number of carboxylic acids is 1. The molecule has 1 aromatic carbocycles. The van der Waals surface area contributed by atoms with E-state index in [2.05, 4.69) is 34.4 Å². The van der Waals surface area contributed by atoms with Gasteiger partial charge in [0.05, 0.1) is 0 Å². The Hall–Kier alpha value is -3.29. The number of hydrogen-bond donors (Lipinski definition) is 3. The van der Waals surface area contributed by atoms with E-state index in [1.165, 1.54) is 18.5 Å². The molecule has 0 aliphatic rings. The number of aromatic nitrogens is 2. The second-order valence-electron chi connectivity index (χ2n) is 6.03. The summed E-state index contributed by atoms with van der Waals surface area (Å²) in [4.78, 5) is 43.0. The largest absolute Gasteiger partial charge is 0.476 e. The minimum Gasteiger partial charge on any atom is -0.476 e. The van der Waals surface area contributed by atoms with Gasteiger partial charge in [-0.05, 0) is 30.5 Å². The molecule has 0 saturated heterocycles. The number of rotatable bonds is 7. The lowest BCUT2D eigenvalue weighted by Gasteiger charge is -2.09. The lowest BCUT2D eigenvalue weighted by atomic mass is 10.1. The van der Waals surface area contributed by atoms with Crippen LogP contribution in [0.15, 0.2) is 36.7 Å². The smallest absolute Gasteiger partial charge is 0.356 e. The zero-order valence-electron chi connectivity index (χ0n) is 14.5. The van der Waals surface area contributed by atoms with Gasteiger partial charge in [-0.3, -0.25) is 9.59 Å². The number of carbonyl (C=O) groups is 3. The summed E-state index contributed by atoms with van der Waals surface area (Å²) >= 11 is 0.